The second-order valence-electron chi connectivity index (χ2n) is 5.36. The third kappa shape index (κ3) is 3.34. The number of carbonyl (C=O) groups is 1. The van der Waals surface area contributed by atoms with E-state index in [1.54, 1.807) is 0 Å². The van der Waals surface area contributed by atoms with Crippen molar-refractivity contribution in [2.24, 2.45) is 5.92 Å². The molecule has 1 saturated carbocycles. The molecule has 0 bridgehead atoms. The molecule has 2 rings (SSSR count). The molecule has 1 aromatic rings. The highest BCUT2D eigenvalue weighted by Gasteiger charge is 2.17. The highest BCUT2D eigenvalue weighted by atomic mass is 16.5. The summed E-state index contributed by atoms with van der Waals surface area (Å²) < 4.78 is 5.45. The molecule has 0 aromatic heterocycles. The zero-order valence-corrected chi connectivity index (χ0v) is 11.4. The van der Waals surface area contributed by atoms with Gasteiger partial charge in [0, 0.05) is 6.42 Å². The van der Waals surface area contributed by atoms with E-state index in [1.165, 1.54) is 25.7 Å². The molecule has 0 unspecified atom stereocenters. The first-order valence-corrected chi connectivity index (χ1v) is 6.93. The lowest BCUT2D eigenvalue weighted by atomic mass is 10.0. The Kier molecular flexibility index (Phi) is 4.40. The van der Waals surface area contributed by atoms with Crippen molar-refractivity contribution in [2.45, 2.75) is 52.4 Å². The molecule has 1 fully saturated rings. The number of hydrogen-bond acceptors (Lipinski definition) is 2. The van der Waals surface area contributed by atoms with Crippen LogP contribution in [0.2, 0.25) is 0 Å². The Hall–Kier alpha value is -1.31. The molecule has 0 saturated heterocycles. The van der Waals surface area contributed by atoms with Crippen LogP contribution in [-0.4, -0.2) is 5.97 Å². The van der Waals surface area contributed by atoms with Gasteiger partial charge in [0.2, 0.25) is 0 Å². The Bertz CT molecular complexity index is 417. The molecular formula is C16H22O2. The second-order valence-corrected chi connectivity index (χ2v) is 5.36. The van der Waals surface area contributed by atoms with Crippen LogP contribution in [0.15, 0.2) is 18.2 Å². The van der Waals surface area contributed by atoms with Crippen LogP contribution in [0.4, 0.5) is 0 Å². The lowest BCUT2D eigenvalue weighted by molar-refractivity contribution is -0.134. The number of ether oxygens (including phenoxy) is 1. The van der Waals surface area contributed by atoms with Crippen LogP contribution < -0.4 is 4.74 Å². The van der Waals surface area contributed by atoms with Gasteiger partial charge in [-0.05, 0) is 43.4 Å². The molecule has 1 aliphatic rings. The van der Waals surface area contributed by atoms with E-state index >= 15 is 0 Å². The van der Waals surface area contributed by atoms with Crippen LogP contribution in [-0.2, 0) is 4.79 Å². The average Bonchev–Trinajstić information content (AvgIpc) is 2.86. The third-order valence-corrected chi connectivity index (χ3v) is 4.01. The summed E-state index contributed by atoms with van der Waals surface area (Å²) in [6.45, 7) is 4.03. The highest BCUT2D eigenvalue weighted by Crippen LogP contribution is 2.29. The quantitative estimate of drug-likeness (QED) is 0.588. The summed E-state index contributed by atoms with van der Waals surface area (Å²) in [6.07, 6.45) is 6.78. The first-order valence-electron chi connectivity index (χ1n) is 6.93. The monoisotopic (exact) mass is 246 g/mol. The van der Waals surface area contributed by atoms with Gasteiger partial charge in [0.25, 0.3) is 0 Å². The number of esters is 1. The van der Waals surface area contributed by atoms with Gasteiger partial charge in [0.05, 0.1) is 0 Å². The molecule has 1 aliphatic carbocycles. The van der Waals surface area contributed by atoms with Crippen LogP contribution in [0.1, 0.15) is 49.7 Å². The zero-order chi connectivity index (χ0) is 13.0. The van der Waals surface area contributed by atoms with Crippen LogP contribution in [0.25, 0.3) is 0 Å². The maximum absolute atomic E-state index is 11.8. The summed E-state index contributed by atoms with van der Waals surface area (Å²) in [7, 11) is 0. The molecule has 0 N–H and O–H groups in total. The summed E-state index contributed by atoms with van der Waals surface area (Å²) in [5.74, 6) is 1.37. The summed E-state index contributed by atoms with van der Waals surface area (Å²) in [5, 5.41) is 0. The van der Waals surface area contributed by atoms with E-state index in [9.17, 15) is 4.79 Å². The zero-order valence-electron chi connectivity index (χ0n) is 11.4. The highest BCUT2D eigenvalue weighted by molar-refractivity contribution is 5.72. The van der Waals surface area contributed by atoms with Crippen molar-refractivity contribution in [3.63, 3.8) is 0 Å². The Morgan fingerprint density at radius 3 is 2.72 bits per heavy atom. The van der Waals surface area contributed by atoms with Crippen LogP contribution in [0.5, 0.6) is 5.75 Å². The van der Waals surface area contributed by atoms with Gasteiger partial charge in [0.1, 0.15) is 5.75 Å². The van der Waals surface area contributed by atoms with Crippen molar-refractivity contribution >= 4 is 5.97 Å². The van der Waals surface area contributed by atoms with Crippen molar-refractivity contribution in [1.82, 2.24) is 0 Å². The standard InChI is InChI=1S/C16H22O2/c1-12-6-5-9-15(13(12)2)18-16(17)11-10-14-7-3-4-8-14/h5-6,9,14H,3-4,7-8,10-11H2,1-2H3. The Morgan fingerprint density at radius 2 is 2.00 bits per heavy atom. The lowest BCUT2D eigenvalue weighted by Crippen LogP contribution is -2.10. The lowest BCUT2D eigenvalue weighted by Gasteiger charge is -2.11. The van der Waals surface area contributed by atoms with Crippen molar-refractivity contribution in [3.8, 4) is 5.75 Å². The van der Waals surface area contributed by atoms with Gasteiger partial charge in [-0.15, -0.1) is 0 Å². The molecule has 0 heterocycles. The van der Waals surface area contributed by atoms with Crippen LogP contribution >= 0.6 is 0 Å². The first kappa shape index (κ1) is 13.1. The maximum Gasteiger partial charge on any atom is 0.311 e. The molecule has 18 heavy (non-hydrogen) atoms. The van der Waals surface area contributed by atoms with Gasteiger partial charge in [-0.25, -0.2) is 0 Å². The van der Waals surface area contributed by atoms with E-state index in [-0.39, 0.29) is 5.97 Å². The van der Waals surface area contributed by atoms with Crippen LogP contribution in [0.3, 0.4) is 0 Å². The molecule has 0 atom stereocenters. The minimum atomic E-state index is -0.0874. The maximum atomic E-state index is 11.8. The summed E-state index contributed by atoms with van der Waals surface area (Å²) >= 11 is 0. The number of carbonyl (C=O) groups excluding carboxylic acids is 1. The minimum Gasteiger partial charge on any atom is -0.426 e. The largest absolute Gasteiger partial charge is 0.426 e. The SMILES string of the molecule is Cc1cccc(OC(=O)CCC2CCCC2)c1C. The molecule has 2 heteroatoms. The fourth-order valence-electron chi connectivity index (χ4n) is 2.63. The summed E-state index contributed by atoms with van der Waals surface area (Å²) in [4.78, 5) is 11.8. The van der Waals surface area contributed by atoms with E-state index in [2.05, 4.69) is 0 Å². The van der Waals surface area contributed by atoms with E-state index in [0.29, 0.717) is 12.2 Å². The molecule has 98 valence electrons. The van der Waals surface area contributed by atoms with Crippen LogP contribution in [0, 0.1) is 19.8 Å². The van der Waals surface area contributed by atoms with Crippen molar-refractivity contribution < 1.29 is 9.53 Å². The van der Waals surface area contributed by atoms with Gasteiger partial charge < -0.3 is 4.74 Å². The summed E-state index contributed by atoms with van der Waals surface area (Å²) in [5.41, 5.74) is 2.22. The van der Waals surface area contributed by atoms with E-state index in [4.69, 9.17) is 4.74 Å². The number of aryl methyl sites for hydroxylation is 1. The van der Waals surface area contributed by atoms with Gasteiger partial charge in [-0.2, -0.15) is 0 Å². The molecule has 0 radical (unpaired) electrons. The van der Waals surface area contributed by atoms with Crippen molar-refractivity contribution in [3.05, 3.63) is 29.3 Å². The van der Waals surface area contributed by atoms with Crippen molar-refractivity contribution in [2.75, 3.05) is 0 Å². The second kappa shape index (κ2) is 6.03. The molecular weight excluding hydrogens is 224 g/mol. The van der Waals surface area contributed by atoms with Gasteiger partial charge in [-0.1, -0.05) is 37.8 Å². The predicted octanol–water partition coefficient (Wildman–Crippen LogP) is 4.18. The van der Waals surface area contributed by atoms with Gasteiger partial charge >= 0.3 is 5.97 Å². The van der Waals surface area contributed by atoms with Gasteiger partial charge in [0.15, 0.2) is 0 Å². The van der Waals surface area contributed by atoms with Crippen molar-refractivity contribution in [1.29, 1.82) is 0 Å². The van der Waals surface area contributed by atoms with E-state index in [1.807, 2.05) is 32.0 Å². The molecule has 2 nitrogen and oxygen atoms in total. The number of hydrogen-bond donors (Lipinski definition) is 0. The minimum absolute atomic E-state index is 0.0874. The smallest absolute Gasteiger partial charge is 0.311 e. The Labute approximate surface area is 109 Å². The molecule has 0 amide bonds. The normalized spacial score (nSPS) is 15.9. The number of benzene rings is 1. The third-order valence-electron chi connectivity index (χ3n) is 4.01. The topological polar surface area (TPSA) is 26.3 Å². The first-order chi connectivity index (χ1) is 8.66. The fraction of sp³-hybridized carbons (Fsp3) is 0.562. The molecule has 0 aliphatic heterocycles. The van der Waals surface area contributed by atoms with E-state index in [0.717, 1.165) is 23.5 Å². The fourth-order valence-corrected chi connectivity index (χ4v) is 2.63. The predicted molar refractivity (Wildman–Crippen MR) is 72.7 cm³/mol. The Balaban J connectivity index is 1.84. The number of rotatable bonds is 4. The average molecular weight is 246 g/mol. The van der Waals surface area contributed by atoms with E-state index < -0.39 is 0 Å². The van der Waals surface area contributed by atoms with Gasteiger partial charge in [-0.3, -0.25) is 4.79 Å². The molecule has 1 aromatic carbocycles. The Morgan fingerprint density at radius 1 is 1.28 bits per heavy atom. The summed E-state index contributed by atoms with van der Waals surface area (Å²) in [6, 6.07) is 5.84. The molecule has 0 spiro atoms.